The van der Waals surface area contributed by atoms with Gasteiger partial charge >= 0.3 is 0 Å². The lowest BCUT2D eigenvalue weighted by molar-refractivity contribution is 0.0844. The molecule has 3 N–H and O–H groups in total. The zero-order chi connectivity index (χ0) is 16.1. The van der Waals surface area contributed by atoms with Crippen molar-refractivity contribution in [1.29, 1.82) is 0 Å². The SMILES string of the molecule is COc1cc(C(=O)NNC(=O)c2ccc[nH]2)cc(OC)c1C. The van der Waals surface area contributed by atoms with E-state index in [2.05, 4.69) is 15.8 Å². The molecule has 1 aromatic carbocycles. The summed E-state index contributed by atoms with van der Waals surface area (Å²) in [6.45, 7) is 1.83. The number of carbonyl (C=O) groups is 2. The predicted molar refractivity (Wildman–Crippen MR) is 80.0 cm³/mol. The normalized spacial score (nSPS) is 9.95. The molecular weight excluding hydrogens is 286 g/mol. The number of carbonyl (C=O) groups excluding carboxylic acids is 2. The average Bonchev–Trinajstić information content (AvgIpc) is 3.07. The van der Waals surface area contributed by atoms with E-state index in [-0.39, 0.29) is 0 Å². The zero-order valence-corrected chi connectivity index (χ0v) is 12.5. The lowest BCUT2D eigenvalue weighted by Gasteiger charge is -2.13. The summed E-state index contributed by atoms with van der Waals surface area (Å²) in [5, 5.41) is 0. The maximum Gasteiger partial charge on any atom is 0.286 e. The quantitative estimate of drug-likeness (QED) is 0.745. The number of methoxy groups -OCH3 is 2. The van der Waals surface area contributed by atoms with Crippen molar-refractivity contribution in [3.05, 3.63) is 47.3 Å². The number of benzene rings is 1. The van der Waals surface area contributed by atoms with Crippen LogP contribution in [0.1, 0.15) is 26.4 Å². The molecule has 2 rings (SSSR count). The summed E-state index contributed by atoms with van der Waals surface area (Å²) in [6.07, 6.45) is 1.62. The monoisotopic (exact) mass is 303 g/mol. The van der Waals surface area contributed by atoms with Crippen molar-refractivity contribution in [3.63, 3.8) is 0 Å². The van der Waals surface area contributed by atoms with Crippen molar-refractivity contribution in [2.24, 2.45) is 0 Å². The Morgan fingerprint density at radius 2 is 1.64 bits per heavy atom. The van der Waals surface area contributed by atoms with E-state index in [1.165, 1.54) is 14.2 Å². The molecule has 0 saturated heterocycles. The second kappa shape index (κ2) is 6.66. The molecule has 0 bridgehead atoms. The number of hydrogen-bond donors (Lipinski definition) is 3. The van der Waals surface area contributed by atoms with Gasteiger partial charge in [-0.15, -0.1) is 0 Å². The summed E-state index contributed by atoms with van der Waals surface area (Å²) < 4.78 is 10.4. The number of rotatable bonds is 4. The first-order valence-electron chi connectivity index (χ1n) is 6.53. The summed E-state index contributed by atoms with van der Waals surface area (Å²) in [4.78, 5) is 26.6. The minimum Gasteiger partial charge on any atom is -0.496 e. The molecule has 2 amide bonds. The Labute approximate surface area is 127 Å². The first kappa shape index (κ1) is 15.4. The van der Waals surface area contributed by atoms with E-state index in [0.717, 1.165) is 5.56 Å². The maximum atomic E-state index is 12.1. The van der Waals surface area contributed by atoms with Crippen LogP contribution in [0.25, 0.3) is 0 Å². The van der Waals surface area contributed by atoms with Gasteiger partial charge in [0.25, 0.3) is 11.8 Å². The number of hydrazine groups is 1. The van der Waals surface area contributed by atoms with Crippen LogP contribution >= 0.6 is 0 Å². The number of nitrogens with one attached hydrogen (secondary N) is 3. The molecule has 0 fully saturated rings. The molecule has 0 saturated carbocycles. The Morgan fingerprint density at radius 3 is 2.14 bits per heavy atom. The summed E-state index contributed by atoms with van der Waals surface area (Å²) in [7, 11) is 3.02. The smallest absolute Gasteiger partial charge is 0.286 e. The highest BCUT2D eigenvalue weighted by atomic mass is 16.5. The van der Waals surface area contributed by atoms with Crippen molar-refractivity contribution < 1.29 is 19.1 Å². The predicted octanol–water partition coefficient (Wildman–Crippen LogP) is 1.42. The van der Waals surface area contributed by atoms with Crippen LogP contribution in [0.4, 0.5) is 0 Å². The largest absolute Gasteiger partial charge is 0.496 e. The number of aromatic nitrogens is 1. The highest BCUT2D eigenvalue weighted by molar-refractivity contribution is 5.98. The van der Waals surface area contributed by atoms with Crippen LogP contribution in [0.2, 0.25) is 0 Å². The van der Waals surface area contributed by atoms with Crippen molar-refractivity contribution in [3.8, 4) is 11.5 Å². The molecule has 116 valence electrons. The highest BCUT2D eigenvalue weighted by Crippen LogP contribution is 2.29. The fourth-order valence-corrected chi connectivity index (χ4v) is 1.94. The van der Waals surface area contributed by atoms with E-state index < -0.39 is 11.8 Å². The molecule has 0 unspecified atom stereocenters. The molecule has 2 aromatic rings. The van der Waals surface area contributed by atoms with Crippen LogP contribution < -0.4 is 20.3 Å². The minimum atomic E-state index is -0.475. The molecule has 0 aliphatic carbocycles. The summed E-state index contributed by atoms with van der Waals surface area (Å²) in [6, 6.07) is 6.44. The van der Waals surface area contributed by atoms with E-state index in [9.17, 15) is 9.59 Å². The second-order valence-electron chi connectivity index (χ2n) is 4.50. The molecule has 0 aliphatic rings. The van der Waals surface area contributed by atoms with E-state index in [1.807, 2.05) is 6.92 Å². The topological polar surface area (TPSA) is 92.5 Å². The van der Waals surface area contributed by atoms with Crippen LogP contribution in [0.5, 0.6) is 11.5 Å². The molecule has 7 heteroatoms. The molecular formula is C15H17N3O4. The maximum absolute atomic E-state index is 12.1. The summed E-state index contributed by atoms with van der Waals surface area (Å²) in [5.74, 6) is 0.140. The number of hydrogen-bond acceptors (Lipinski definition) is 4. The van der Waals surface area contributed by atoms with Gasteiger partial charge in [-0.3, -0.25) is 20.4 Å². The first-order chi connectivity index (χ1) is 10.6. The van der Waals surface area contributed by atoms with Crippen LogP contribution in [0.3, 0.4) is 0 Å². The molecule has 1 heterocycles. The number of ether oxygens (including phenoxy) is 2. The van der Waals surface area contributed by atoms with Gasteiger partial charge in [0.05, 0.1) is 14.2 Å². The first-order valence-corrected chi connectivity index (χ1v) is 6.53. The molecule has 7 nitrogen and oxygen atoms in total. The van der Waals surface area contributed by atoms with Gasteiger partial charge in [-0.25, -0.2) is 0 Å². The van der Waals surface area contributed by atoms with Crippen LogP contribution in [0, 0.1) is 6.92 Å². The van der Waals surface area contributed by atoms with Gasteiger partial charge < -0.3 is 14.5 Å². The molecule has 0 aliphatic heterocycles. The lowest BCUT2D eigenvalue weighted by Crippen LogP contribution is -2.41. The minimum absolute atomic E-state index is 0.311. The summed E-state index contributed by atoms with van der Waals surface area (Å²) in [5.41, 5.74) is 6.11. The molecule has 0 radical (unpaired) electrons. The Bertz CT molecular complexity index is 655. The second-order valence-corrected chi connectivity index (χ2v) is 4.50. The van der Waals surface area contributed by atoms with Crippen molar-refractivity contribution in [1.82, 2.24) is 15.8 Å². The van der Waals surface area contributed by atoms with Gasteiger partial charge in [-0.1, -0.05) is 0 Å². The third kappa shape index (κ3) is 3.20. The van der Waals surface area contributed by atoms with Gasteiger partial charge in [-0.2, -0.15) is 0 Å². The highest BCUT2D eigenvalue weighted by Gasteiger charge is 2.14. The molecule has 0 atom stereocenters. The lowest BCUT2D eigenvalue weighted by atomic mass is 10.1. The molecule has 0 spiro atoms. The van der Waals surface area contributed by atoms with Gasteiger partial charge in [0.2, 0.25) is 0 Å². The third-order valence-electron chi connectivity index (χ3n) is 3.15. The van der Waals surface area contributed by atoms with E-state index >= 15 is 0 Å². The number of amides is 2. The van der Waals surface area contributed by atoms with Gasteiger partial charge in [-0.05, 0) is 31.2 Å². The van der Waals surface area contributed by atoms with E-state index in [0.29, 0.717) is 22.8 Å². The standard InChI is InChI=1S/C15H17N3O4/c1-9-12(21-2)7-10(8-13(9)22-3)14(19)17-18-15(20)11-5-4-6-16-11/h4-8,16H,1-3H3,(H,17,19)(H,18,20). The van der Waals surface area contributed by atoms with Gasteiger partial charge in [0, 0.05) is 17.3 Å². The van der Waals surface area contributed by atoms with Crippen molar-refractivity contribution >= 4 is 11.8 Å². The van der Waals surface area contributed by atoms with Crippen molar-refractivity contribution in [2.75, 3.05) is 14.2 Å². The van der Waals surface area contributed by atoms with Crippen LogP contribution in [0.15, 0.2) is 30.5 Å². The van der Waals surface area contributed by atoms with Crippen molar-refractivity contribution in [2.45, 2.75) is 6.92 Å². The third-order valence-corrected chi connectivity index (χ3v) is 3.15. The Balaban J connectivity index is 2.11. The molecule has 22 heavy (non-hydrogen) atoms. The van der Waals surface area contributed by atoms with Crippen LogP contribution in [-0.2, 0) is 0 Å². The Morgan fingerprint density at radius 1 is 1.05 bits per heavy atom. The van der Waals surface area contributed by atoms with E-state index in [1.54, 1.807) is 30.5 Å². The Kier molecular flexibility index (Phi) is 4.67. The fourth-order valence-electron chi connectivity index (χ4n) is 1.94. The van der Waals surface area contributed by atoms with Gasteiger partial charge in [0.15, 0.2) is 0 Å². The summed E-state index contributed by atoms with van der Waals surface area (Å²) >= 11 is 0. The zero-order valence-electron chi connectivity index (χ0n) is 12.5. The molecule has 1 aromatic heterocycles. The van der Waals surface area contributed by atoms with E-state index in [4.69, 9.17) is 9.47 Å². The number of aromatic amines is 1. The number of H-pyrrole nitrogens is 1. The van der Waals surface area contributed by atoms with Crippen LogP contribution in [-0.4, -0.2) is 31.0 Å². The average molecular weight is 303 g/mol. The Hall–Kier alpha value is -2.96. The van der Waals surface area contributed by atoms with Gasteiger partial charge in [0.1, 0.15) is 17.2 Å². The fraction of sp³-hybridized carbons (Fsp3) is 0.200.